The minimum atomic E-state index is -0.888. The van der Waals surface area contributed by atoms with Crippen LogP contribution in [0.1, 0.15) is 25.8 Å². The van der Waals surface area contributed by atoms with E-state index in [-0.39, 0.29) is 6.10 Å². The summed E-state index contributed by atoms with van der Waals surface area (Å²) in [6.07, 6.45) is 2.43. The van der Waals surface area contributed by atoms with E-state index in [0.717, 1.165) is 5.56 Å². The fourth-order valence-electron chi connectivity index (χ4n) is 3.64. The molecule has 124 valence electrons. The zero-order valence-corrected chi connectivity index (χ0v) is 13.3. The van der Waals surface area contributed by atoms with Crippen molar-refractivity contribution in [2.24, 2.45) is 0 Å². The van der Waals surface area contributed by atoms with E-state index in [1.165, 1.54) is 0 Å². The monoisotopic (exact) mass is 318 g/mol. The number of ether oxygens (including phenoxy) is 4. The minimum Gasteiger partial charge on any atom is -0.389 e. The number of hydrogen-bond donors (Lipinski definition) is 1. The van der Waals surface area contributed by atoms with Crippen molar-refractivity contribution in [2.45, 2.75) is 62.9 Å². The molecule has 1 aromatic rings. The van der Waals surface area contributed by atoms with Gasteiger partial charge in [-0.2, -0.15) is 0 Å². The molecule has 5 atom stereocenters. The minimum absolute atomic E-state index is 0.355. The van der Waals surface area contributed by atoms with E-state index >= 15 is 0 Å². The first kappa shape index (κ1) is 15.3. The van der Waals surface area contributed by atoms with Crippen molar-refractivity contribution in [2.75, 3.05) is 0 Å². The molecule has 5 heteroatoms. The molecule has 3 aliphatic rings. The third-order valence-corrected chi connectivity index (χ3v) is 4.68. The second-order valence-electron chi connectivity index (χ2n) is 6.81. The fourth-order valence-corrected chi connectivity index (χ4v) is 3.64. The highest BCUT2D eigenvalue weighted by molar-refractivity contribution is 5.24. The largest absolute Gasteiger partial charge is 0.389 e. The SMILES string of the molecule is CC1(C)O[C@H]2O[C@@]3(C=CCC3O)[C@H](OCc3ccccc3)[C@H]2O1. The van der Waals surface area contributed by atoms with Crippen LogP contribution in [0.5, 0.6) is 0 Å². The molecule has 0 radical (unpaired) electrons. The van der Waals surface area contributed by atoms with Gasteiger partial charge in [0.05, 0.1) is 12.7 Å². The maximum absolute atomic E-state index is 10.5. The Bertz CT molecular complexity index is 599. The Morgan fingerprint density at radius 3 is 2.65 bits per heavy atom. The Morgan fingerprint density at radius 2 is 1.96 bits per heavy atom. The Morgan fingerprint density at radius 1 is 1.17 bits per heavy atom. The van der Waals surface area contributed by atoms with Gasteiger partial charge < -0.3 is 24.1 Å². The van der Waals surface area contributed by atoms with Crippen molar-refractivity contribution >= 4 is 0 Å². The highest BCUT2D eigenvalue weighted by Crippen LogP contribution is 2.48. The second kappa shape index (κ2) is 5.40. The van der Waals surface area contributed by atoms with Crippen molar-refractivity contribution in [3.63, 3.8) is 0 Å². The summed E-state index contributed by atoms with van der Waals surface area (Å²) in [5.41, 5.74) is 0.182. The maximum Gasteiger partial charge on any atom is 0.191 e. The molecular formula is C18H22O5. The molecule has 2 aliphatic heterocycles. The van der Waals surface area contributed by atoms with Crippen LogP contribution in [0.4, 0.5) is 0 Å². The zero-order valence-electron chi connectivity index (χ0n) is 13.3. The first-order chi connectivity index (χ1) is 11.0. The van der Waals surface area contributed by atoms with Gasteiger partial charge in [-0.1, -0.05) is 42.5 Å². The Balaban J connectivity index is 1.58. The number of aliphatic hydroxyl groups is 1. The van der Waals surface area contributed by atoms with Gasteiger partial charge in [-0.3, -0.25) is 0 Å². The zero-order chi connectivity index (χ0) is 16.1. The number of benzene rings is 1. The normalized spacial score (nSPS) is 40.8. The average molecular weight is 318 g/mol. The molecule has 5 nitrogen and oxygen atoms in total. The van der Waals surface area contributed by atoms with Crippen LogP contribution in [0, 0.1) is 0 Å². The van der Waals surface area contributed by atoms with E-state index < -0.39 is 29.9 Å². The lowest BCUT2D eigenvalue weighted by Crippen LogP contribution is -2.51. The summed E-state index contributed by atoms with van der Waals surface area (Å²) >= 11 is 0. The number of fused-ring (bicyclic) bond motifs is 1. The van der Waals surface area contributed by atoms with Gasteiger partial charge in [-0.25, -0.2) is 0 Å². The smallest absolute Gasteiger partial charge is 0.191 e. The van der Waals surface area contributed by atoms with E-state index in [1.807, 2.05) is 56.3 Å². The third-order valence-electron chi connectivity index (χ3n) is 4.68. The van der Waals surface area contributed by atoms with Crippen LogP contribution in [-0.4, -0.2) is 41.1 Å². The predicted molar refractivity (Wildman–Crippen MR) is 82.4 cm³/mol. The van der Waals surface area contributed by atoms with Gasteiger partial charge in [0.15, 0.2) is 12.1 Å². The maximum atomic E-state index is 10.5. The predicted octanol–water partition coefficient (Wildman–Crippen LogP) is 2.14. The Labute approximate surface area is 135 Å². The highest BCUT2D eigenvalue weighted by Gasteiger charge is 2.64. The lowest BCUT2D eigenvalue weighted by Gasteiger charge is -2.35. The molecule has 1 aliphatic carbocycles. The molecule has 23 heavy (non-hydrogen) atoms. The second-order valence-corrected chi connectivity index (χ2v) is 6.81. The molecule has 1 aromatic carbocycles. The van der Waals surface area contributed by atoms with Crippen molar-refractivity contribution < 1.29 is 24.1 Å². The Hall–Kier alpha value is -1.24. The summed E-state index contributed by atoms with van der Waals surface area (Å²) < 4.78 is 24.0. The van der Waals surface area contributed by atoms with Gasteiger partial charge in [-0.15, -0.1) is 0 Å². The number of hydrogen-bond acceptors (Lipinski definition) is 5. The molecule has 2 saturated heterocycles. The lowest BCUT2D eigenvalue weighted by atomic mass is 9.92. The van der Waals surface area contributed by atoms with Gasteiger partial charge in [0.1, 0.15) is 17.8 Å². The molecule has 0 saturated carbocycles. The fraction of sp³-hybridized carbons (Fsp3) is 0.556. The van der Waals surface area contributed by atoms with Crippen LogP contribution in [-0.2, 0) is 25.6 Å². The first-order valence-corrected chi connectivity index (χ1v) is 8.05. The lowest BCUT2D eigenvalue weighted by molar-refractivity contribution is -0.248. The van der Waals surface area contributed by atoms with Crippen LogP contribution in [0.25, 0.3) is 0 Å². The quantitative estimate of drug-likeness (QED) is 0.865. The van der Waals surface area contributed by atoms with E-state index in [2.05, 4.69) is 0 Å². The Kier molecular flexibility index (Phi) is 3.59. The standard InChI is InChI=1S/C18H22O5/c1-17(2)21-14-15(20-11-12-7-4-3-5-8-12)18(23-16(14)22-17)10-6-9-13(18)19/h3-8,10,13-16,19H,9,11H2,1-2H3/t13?,14-,15-,16+,18-/m1/s1. The van der Waals surface area contributed by atoms with Crippen LogP contribution >= 0.6 is 0 Å². The van der Waals surface area contributed by atoms with E-state index in [0.29, 0.717) is 13.0 Å². The summed E-state index contributed by atoms with van der Waals surface area (Å²) in [7, 11) is 0. The molecule has 0 aromatic heterocycles. The summed E-state index contributed by atoms with van der Waals surface area (Å²) in [5.74, 6) is -0.710. The molecule has 0 bridgehead atoms. The average Bonchev–Trinajstić information content (AvgIpc) is 3.10. The van der Waals surface area contributed by atoms with Crippen molar-refractivity contribution in [1.82, 2.24) is 0 Å². The van der Waals surface area contributed by atoms with Crippen LogP contribution < -0.4 is 0 Å². The highest BCUT2D eigenvalue weighted by atomic mass is 16.8. The molecule has 1 spiro atoms. The molecule has 1 unspecified atom stereocenters. The number of rotatable bonds is 3. The summed E-state index contributed by atoms with van der Waals surface area (Å²) in [6.45, 7) is 4.15. The molecule has 1 N–H and O–H groups in total. The van der Waals surface area contributed by atoms with Crippen LogP contribution in [0.3, 0.4) is 0 Å². The summed E-state index contributed by atoms with van der Waals surface area (Å²) in [6, 6.07) is 9.95. The van der Waals surface area contributed by atoms with Gasteiger partial charge in [-0.05, 0) is 25.8 Å². The summed E-state index contributed by atoms with van der Waals surface area (Å²) in [4.78, 5) is 0. The molecular weight excluding hydrogens is 296 g/mol. The van der Waals surface area contributed by atoms with Crippen LogP contribution in [0.2, 0.25) is 0 Å². The number of aliphatic hydroxyl groups excluding tert-OH is 1. The van der Waals surface area contributed by atoms with E-state index in [9.17, 15) is 5.11 Å². The topological polar surface area (TPSA) is 57.2 Å². The molecule has 0 amide bonds. The first-order valence-electron chi connectivity index (χ1n) is 8.05. The third kappa shape index (κ3) is 2.53. The van der Waals surface area contributed by atoms with Crippen molar-refractivity contribution in [3.8, 4) is 0 Å². The van der Waals surface area contributed by atoms with Gasteiger partial charge >= 0.3 is 0 Å². The molecule has 2 fully saturated rings. The van der Waals surface area contributed by atoms with Crippen LogP contribution in [0.15, 0.2) is 42.5 Å². The van der Waals surface area contributed by atoms with E-state index in [1.54, 1.807) is 0 Å². The van der Waals surface area contributed by atoms with Gasteiger partial charge in [0, 0.05) is 0 Å². The van der Waals surface area contributed by atoms with Crippen molar-refractivity contribution in [1.29, 1.82) is 0 Å². The summed E-state index contributed by atoms with van der Waals surface area (Å²) in [5, 5.41) is 10.5. The van der Waals surface area contributed by atoms with Gasteiger partial charge in [0.2, 0.25) is 0 Å². The molecule has 2 heterocycles. The van der Waals surface area contributed by atoms with Crippen molar-refractivity contribution in [3.05, 3.63) is 48.0 Å². The van der Waals surface area contributed by atoms with Gasteiger partial charge in [0.25, 0.3) is 0 Å². The van der Waals surface area contributed by atoms with E-state index in [4.69, 9.17) is 18.9 Å². The molecule has 4 rings (SSSR count).